The van der Waals surface area contributed by atoms with Crippen LogP contribution in [0, 0.1) is 20.8 Å². The molecule has 0 spiro atoms. The van der Waals surface area contributed by atoms with E-state index < -0.39 is 0 Å². The molecule has 8 nitrogen and oxygen atoms in total. The SMILES string of the molecule is COCc1nc(C2CCCCN2C(=O)c2nc(C)c(C)nc2C)n[nH]1. The molecule has 134 valence electrons. The summed E-state index contributed by atoms with van der Waals surface area (Å²) in [5.74, 6) is 1.20. The Bertz CT molecular complexity index is 772. The highest BCUT2D eigenvalue weighted by atomic mass is 16.5. The first kappa shape index (κ1) is 17.5. The van der Waals surface area contributed by atoms with Crippen molar-refractivity contribution in [2.75, 3.05) is 13.7 Å². The molecular weight excluding hydrogens is 320 g/mol. The van der Waals surface area contributed by atoms with Crippen LogP contribution in [0.2, 0.25) is 0 Å². The minimum absolute atomic E-state index is 0.101. The van der Waals surface area contributed by atoms with Gasteiger partial charge >= 0.3 is 0 Å². The molecule has 1 aliphatic heterocycles. The van der Waals surface area contributed by atoms with Gasteiger partial charge < -0.3 is 9.64 Å². The summed E-state index contributed by atoms with van der Waals surface area (Å²) in [5, 5.41) is 7.17. The lowest BCUT2D eigenvalue weighted by atomic mass is 10.0. The number of amides is 1. The molecule has 8 heteroatoms. The first-order valence-electron chi connectivity index (χ1n) is 8.54. The van der Waals surface area contributed by atoms with E-state index in [-0.39, 0.29) is 11.9 Å². The van der Waals surface area contributed by atoms with Crippen molar-refractivity contribution in [2.24, 2.45) is 0 Å². The number of nitrogens with one attached hydrogen (secondary N) is 1. The van der Waals surface area contributed by atoms with E-state index in [9.17, 15) is 4.79 Å². The van der Waals surface area contributed by atoms with Gasteiger partial charge in [0.1, 0.15) is 12.3 Å². The Morgan fingerprint density at radius 2 is 1.92 bits per heavy atom. The van der Waals surface area contributed by atoms with Crippen molar-refractivity contribution in [3.05, 3.63) is 34.4 Å². The predicted octanol–water partition coefficient (Wildman–Crippen LogP) is 2.03. The number of carbonyl (C=O) groups is 1. The number of aryl methyl sites for hydroxylation is 3. The molecule has 0 saturated carbocycles. The molecule has 1 atom stereocenters. The van der Waals surface area contributed by atoms with Crippen molar-refractivity contribution in [2.45, 2.75) is 52.7 Å². The van der Waals surface area contributed by atoms with Crippen LogP contribution in [0.25, 0.3) is 0 Å². The van der Waals surface area contributed by atoms with Crippen LogP contribution < -0.4 is 0 Å². The van der Waals surface area contributed by atoms with Gasteiger partial charge in [-0.3, -0.25) is 14.9 Å². The third kappa shape index (κ3) is 3.53. The average Bonchev–Trinajstić information content (AvgIpc) is 3.06. The van der Waals surface area contributed by atoms with Gasteiger partial charge in [0, 0.05) is 13.7 Å². The van der Waals surface area contributed by atoms with Crippen molar-refractivity contribution in [3.8, 4) is 0 Å². The van der Waals surface area contributed by atoms with Gasteiger partial charge in [0.25, 0.3) is 5.91 Å². The van der Waals surface area contributed by atoms with E-state index in [4.69, 9.17) is 4.74 Å². The highest BCUT2D eigenvalue weighted by Gasteiger charge is 2.33. The molecule has 1 unspecified atom stereocenters. The normalized spacial score (nSPS) is 17.8. The summed E-state index contributed by atoms with van der Waals surface area (Å²) in [6.07, 6.45) is 2.85. The minimum atomic E-state index is -0.147. The minimum Gasteiger partial charge on any atom is -0.377 e. The molecular formula is C17H24N6O2. The third-order valence-corrected chi connectivity index (χ3v) is 4.58. The van der Waals surface area contributed by atoms with Crippen molar-refractivity contribution < 1.29 is 9.53 Å². The number of aromatic amines is 1. The lowest BCUT2D eigenvalue weighted by molar-refractivity contribution is 0.0592. The molecule has 1 fully saturated rings. The molecule has 3 heterocycles. The number of likely N-dealkylation sites (tertiary alicyclic amines) is 1. The quantitative estimate of drug-likeness (QED) is 0.911. The van der Waals surface area contributed by atoms with Crippen LogP contribution in [0.3, 0.4) is 0 Å². The summed E-state index contributed by atoms with van der Waals surface area (Å²) in [7, 11) is 1.61. The van der Waals surface area contributed by atoms with E-state index in [2.05, 4.69) is 25.1 Å². The summed E-state index contributed by atoms with van der Waals surface area (Å²) >= 11 is 0. The number of methoxy groups -OCH3 is 1. The molecule has 1 saturated heterocycles. The van der Waals surface area contributed by atoms with E-state index in [1.54, 1.807) is 7.11 Å². The average molecular weight is 344 g/mol. The number of aromatic nitrogens is 5. The number of hydrogen-bond acceptors (Lipinski definition) is 6. The first-order chi connectivity index (χ1) is 12.0. The van der Waals surface area contributed by atoms with Gasteiger partial charge in [0.2, 0.25) is 0 Å². The van der Waals surface area contributed by atoms with Crippen molar-refractivity contribution in [1.82, 2.24) is 30.0 Å². The highest BCUT2D eigenvalue weighted by Crippen LogP contribution is 2.30. The van der Waals surface area contributed by atoms with Crippen LogP contribution in [0.1, 0.15) is 64.5 Å². The number of H-pyrrole nitrogens is 1. The van der Waals surface area contributed by atoms with E-state index in [0.717, 1.165) is 30.7 Å². The number of ether oxygens (including phenoxy) is 1. The lowest BCUT2D eigenvalue weighted by Crippen LogP contribution is -2.40. The van der Waals surface area contributed by atoms with Gasteiger partial charge in [-0.25, -0.2) is 9.97 Å². The molecule has 0 bridgehead atoms. The van der Waals surface area contributed by atoms with Gasteiger partial charge in [0.05, 0.1) is 23.1 Å². The molecule has 0 radical (unpaired) electrons. The maximum absolute atomic E-state index is 13.1. The maximum Gasteiger partial charge on any atom is 0.274 e. The standard InChI is InChI=1S/C17H24N6O2/c1-10-11(2)19-15(12(3)18-10)17(24)23-8-6-5-7-13(23)16-20-14(9-25-4)21-22-16/h13H,5-9H2,1-4H3,(H,20,21,22). The summed E-state index contributed by atoms with van der Waals surface area (Å²) < 4.78 is 5.08. The Kier molecular flexibility index (Phi) is 5.08. The molecule has 2 aromatic heterocycles. The molecule has 25 heavy (non-hydrogen) atoms. The van der Waals surface area contributed by atoms with Crippen molar-refractivity contribution in [3.63, 3.8) is 0 Å². The molecule has 0 aromatic carbocycles. The first-order valence-corrected chi connectivity index (χ1v) is 8.54. The van der Waals surface area contributed by atoms with Crippen LogP contribution in [0.4, 0.5) is 0 Å². The van der Waals surface area contributed by atoms with Crippen LogP contribution in [0.15, 0.2) is 0 Å². The fraction of sp³-hybridized carbons (Fsp3) is 0.588. The van der Waals surface area contributed by atoms with Crippen LogP contribution in [-0.4, -0.2) is 49.6 Å². The van der Waals surface area contributed by atoms with E-state index >= 15 is 0 Å². The van der Waals surface area contributed by atoms with Gasteiger partial charge in [0.15, 0.2) is 11.6 Å². The largest absolute Gasteiger partial charge is 0.377 e. The van der Waals surface area contributed by atoms with Crippen molar-refractivity contribution >= 4 is 5.91 Å². The van der Waals surface area contributed by atoms with Gasteiger partial charge in [-0.05, 0) is 40.0 Å². The maximum atomic E-state index is 13.1. The zero-order valence-corrected chi connectivity index (χ0v) is 15.2. The third-order valence-electron chi connectivity index (χ3n) is 4.58. The van der Waals surface area contributed by atoms with Gasteiger partial charge in [-0.2, -0.15) is 5.10 Å². The second-order valence-corrected chi connectivity index (χ2v) is 6.41. The second kappa shape index (κ2) is 7.26. The number of rotatable bonds is 4. The van der Waals surface area contributed by atoms with Crippen LogP contribution in [-0.2, 0) is 11.3 Å². The predicted molar refractivity (Wildman–Crippen MR) is 91.0 cm³/mol. The molecule has 2 aromatic rings. The smallest absolute Gasteiger partial charge is 0.274 e. The molecule has 1 amide bonds. The molecule has 3 rings (SSSR count). The fourth-order valence-electron chi connectivity index (χ4n) is 3.16. The lowest BCUT2D eigenvalue weighted by Gasteiger charge is -2.34. The van der Waals surface area contributed by atoms with Gasteiger partial charge in [-0.15, -0.1) is 0 Å². The Morgan fingerprint density at radius 1 is 1.16 bits per heavy atom. The van der Waals surface area contributed by atoms with E-state index in [1.807, 2.05) is 25.7 Å². The Hall–Kier alpha value is -2.35. The second-order valence-electron chi connectivity index (χ2n) is 6.41. The van der Waals surface area contributed by atoms with E-state index in [0.29, 0.717) is 36.2 Å². The summed E-state index contributed by atoms with van der Waals surface area (Å²) in [6, 6.07) is -0.147. The zero-order chi connectivity index (χ0) is 18.0. The number of piperidine rings is 1. The Balaban J connectivity index is 1.90. The number of hydrogen-bond donors (Lipinski definition) is 1. The number of carbonyl (C=O) groups excluding carboxylic acids is 1. The van der Waals surface area contributed by atoms with Gasteiger partial charge in [-0.1, -0.05) is 0 Å². The summed E-state index contributed by atoms with van der Waals surface area (Å²) in [4.78, 5) is 28.4. The molecule has 1 N–H and O–H groups in total. The molecule has 1 aliphatic rings. The fourth-order valence-corrected chi connectivity index (χ4v) is 3.16. The van der Waals surface area contributed by atoms with E-state index in [1.165, 1.54) is 0 Å². The Labute approximate surface area is 147 Å². The Morgan fingerprint density at radius 3 is 2.68 bits per heavy atom. The zero-order valence-electron chi connectivity index (χ0n) is 15.2. The van der Waals surface area contributed by atoms with Crippen LogP contribution >= 0.6 is 0 Å². The number of nitrogens with zero attached hydrogens (tertiary/aromatic N) is 5. The van der Waals surface area contributed by atoms with Crippen molar-refractivity contribution in [1.29, 1.82) is 0 Å². The molecule has 0 aliphatic carbocycles. The van der Waals surface area contributed by atoms with Crippen LogP contribution in [0.5, 0.6) is 0 Å². The summed E-state index contributed by atoms with van der Waals surface area (Å²) in [5.41, 5.74) is 2.71. The summed E-state index contributed by atoms with van der Waals surface area (Å²) in [6.45, 7) is 6.65. The highest BCUT2D eigenvalue weighted by molar-refractivity contribution is 5.93. The topological polar surface area (TPSA) is 96.9 Å². The monoisotopic (exact) mass is 344 g/mol.